The summed E-state index contributed by atoms with van der Waals surface area (Å²) in [6.07, 6.45) is 13.2. The molecule has 0 saturated heterocycles. The highest BCUT2D eigenvalue weighted by Crippen LogP contribution is 2.46. The summed E-state index contributed by atoms with van der Waals surface area (Å²) >= 11 is 0. The zero-order valence-corrected chi connectivity index (χ0v) is 12.1. The van der Waals surface area contributed by atoms with E-state index in [4.69, 9.17) is 0 Å². The zero-order valence-electron chi connectivity index (χ0n) is 12.1. The summed E-state index contributed by atoms with van der Waals surface area (Å²) in [5.41, 5.74) is 0.572. The molecule has 0 aliphatic heterocycles. The van der Waals surface area contributed by atoms with Crippen LogP contribution >= 0.6 is 0 Å². The lowest BCUT2D eigenvalue weighted by Gasteiger charge is -2.36. The van der Waals surface area contributed by atoms with Crippen LogP contribution in [0.2, 0.25) is 0 Å². The van der Waals surface area contributed by atoms with Crippen LogP contribution in [0, 0.1) is 17.3 Å². The summed E-state index contributed by atoms with van der Waals surface area (Å²) in [5, 5.41) is 3.65. The Balaban J connectivity index is 1.91. The van der Waals surface area contributed by atoms with Gasteiger partial charge in [0, 0.05) is 6.04 Å². The Morgan fingerprint density at radius 1 is 1.06 bits per heavy atom. The fraction of sp³-hybridized carbons (Fsp3) is 1.00. The lowest BCUT2D eigenvalue weighted by molar-refractivity contribution is 0.170. The summed E-state index contributed by atoms with van der Waals surface area (Å²) in [6.45, 7) is 4.96. The van der Waals surface area contributed by atoms with Crippen molar-refractivity contribution in [3.05, 3.63) is 0 Å². The van der Waals surface area contributed by atoms with Crippen molar-refractivity contribution in [2.75, 3.05) is 7.05 Å². The smallest absolute Gasteiger partial charge is 0.0100 e. The van der Waals surface area contributed by atoms with Crippen LogP contribution in [0.4, 0.5) is 0 Å². The van der Waals surface area contributed by atoms with Crippen molar-refractivity contribution in [3.8, 4) is 0 Å². The van der Waals surface area contributed by atoms with E-state index in [0.717, 1.165) is 17.9 Å². The van der Waals surface area contributed by atoms with Crippen molar-refractivity contribution < 1.29 is 0 Å². The Hall–Kier alpha value is -0.0400. The molecule has 0 spiro atoms. The van der Waals surface area contributed by atoms with E-state index in [1.165, 1.54) is 57.8 Å². The Labute approximate surface area is 108 Å². The van der Waals surface area contributed by atoms with E-state index < -0.39 is 0 Å². The first kappa shape index (κ1) is 13.4. The molecular weight excluding hydrogens is 206 g/mol. The second kappa shape index (κ2) is 5.73. The summed E-state index contributed by atoms with van der Waals surface area (Å²) in [4.78, 5) is 0. The van der Waals surface area contributed by atoms with Gasteiger partial charge in [0.15, 0.2) is 0 Å². The van der Waals surface area contributed by atoms with Gasteiger partial charge >= 0.3 is 0 Å². The zero-order chi connectivity index (χ0) is 12.3. The molecule has 0 amide bonds. The molecule has 1 N–H and O–H groups in total. The molecule has 0 aromatic carbocycles. The normalized spacial score (nSPS) is 31.6. The van der Waals surface area contributed by atoms with Crippen molar-refractivity contribution in [2.24, 2.45) is 17.3 Å². The molecule has 1 nitrogen and oxygen atoms in total. The maximum absolute atomic E-state index is 3.65. The average Bonchev–Trinajstić information content (AvgIpc) is 2.67. The van der Waals surface area contributed by atoms with Crippen LogP contribution in [-0.2, 0) is 0 Å². The van der Waals surface area contributed by atoms with Crippen LogP contribution in [0.15, 0.2) is 0 Å². The van der Waals surface area contributed by atoms with Crippen LogP contribution in [0.3, 0.4) is 0 Å². The second-order valence-corrected chi connectivity index (χ2v) is 7.12. The van der Waals surface area contributed by atoms with E-state index in [0.29, 0.717) is 5.41 Å². The minimum absolute atomic E-state index is 0.572. The lowest BCUT2D eigenvalue weighted by Crippen LogP contribution is -2.40. The van der Waals surface area contributed by atoms with Gasteiger partial charge in [-0.15, -0.1) is 0 Å². The molecule has 2 rings (SSSR count). The van der Waals surface area contributed by atoms with Gasteiger partial charge in [-0.25, -0.2) is 0 Å². The molecule has 2 fully saturated rings. The lowest BCUT2D eigenvalue weighted by atomic mass is 9.73. The molecule has 2 saturated carbocycles. The quantitative estimate of drug-likeness (QED) is 0.765. The van der Waals surface area contributed by atoms with Crippen LogP contribution in [-0.4, -0.2) is 13.1 Å². The predicted octanol–water partition coefficient (Wildman–Crippen LogP) is 4.37. The Morgan fingerprint density at radius 2 is 1.76 bits per heavy atom. The first-order valence-corrected chi connectivity index (χ1v) is 7.81. The van der Waals surface area contributed by atoms with Gasteiger partial charge in [0.2, 0.25) is 0 Å². The standard InChI is InChI=1S/C16H31N/c1-16(2)11-7-10-14(16)15(17-3)12-13-8-5-4-6-9-13/h13-15,17H,4-12H2,1-3H3. The Kier molecular flexibility index (Phi) is 4.52. The molecule has 0 aromatic heterocycles. The first-order valence-electron chi connectivity index (χ1n) is 7.81. The van der Waals surface area contributed by atoms with Gasteiger partial charge in [-0.05, 0) is 43.6 Å². The van der Waals surface area contributed by atoms with Gasteiger partial charge in [-0.1, -0.05) is 52.4 Å². The first-order chi connectivity index (χ1) is 8.13. The molecule has 2 atom stereocenters. The molecule has 0 radical (unpaired) electrons. The van der Waals surface area contributed by atoms with Gasteiger partial charge in [-0.3, -0.25) is 0 Å². The van der Waals surface area contributed by atoms with Crippen molar-refractivity contribution in [2.45, 2.75) is 77.7 Å². The van der Waals surface area contributed by atoms with E-state index in [1.54, 1.807) is 0 Å². The third kappa shape index (κ3) is 3.24. The van der Waals surface area contributed by atoms with Crippen LogP contribution in [0.25, 0.3) is 0 Å². The largest absolute Gasteiger partial charge is 0.317 e. The maximum Gasteiger partial charge on any atom is 0.0100 e. The predicted molar refractivity (Wildman–Crippen MR) is 75.2 cm³/mol. The van der Waals surface area contributed by atoms with Crippen molar-refractivity contribution in [1.29, 1.82) is 0 Å². The number of rotatable bonds is 4. The molecule has 2 unspecified atom stereocenters. The number of hydrogen-bond donors (Lipinski definition) is 1. The second-order valence-electron chi connectivity index (χ2n) is 7.12. The van der Waals surface area contributed by atoms with Crippen LogP contribution < -0.4 is 5.32 Å². The van der Waals surface area contributed by atoms with Crippen molar-refractivity contribution >= 4 is 0 Å². The van der Waals surface area contributed by atoms with E-state index in [1.807, 2.05) is 0 Å². The highest BCUT2D eigenvalue weighted by molar-refractivity contribution is 4.92. The molecule has 1 heteroatoms. The molecule has 0 heterocycles. The van der Waals surface area contributed by atoms with E-state index in [2.05, 4.69) is 26.2 Å². The molecule has 17 heavy (non-hydrogen) atoms. The van der Waals surface area contributed by atoms with E-state index >= 15 is 0 Å². The topological polar surface area (TPSA) is 12.0 Å². The van der Waals surface area contributed by atoms with Crippen molar-refractivity contribution in [1.82, 2.24) is 5.32 Å². The minimum atomic E-state index is 0.572. The van der Waals surface area contributed by atoms with Gasteiger partial charge < -0.3 is 5.32 Å². The monoisotopic (exact) mass is 237 g/mol. The maximum atomic E-state index is 3.65. The van der Waals surface area contributed by atoms with E-state index in [9.17, 15) is 0 Å². The van der Waals surface area contributed by atoms with E-state index in [-0.39, 0.29) is 0 Å². The average molecular weight is 237 g/mol. The summed E-state index contributed by atoms with van der Waals surface area (Å²) in [5.74, 6) is 1.92. The summed E-state index contributed by atoms with van der Waals surface area (Å²) < 4.78 is 0. The summed E-state index contributed by atoms with van der Waals surface area (Å²) in [6, 6.07) is 0.774. The van der Waals surface area contributed by atoms with Gasteiger partial charge in [0.05, 0.1) is 0 Å². The van der Waals surface area contributed by atoms with Crippen LogP contribution in [0.5, 0.6) is 0 Å². The molecular formula is C16H31N. The third-order valence-corrected chi connectivity index (χ3v) is 5.51. The van der Waals surface area contributed by atoms with Gasteiger partial charge in [-0.2, -0.15) is 0 Å². The molecule has 2 aliphatic carbocycles. The fourth-order valence-electron chi connectivity index (χ4n) is 4.36. The molecule has 0 bridgehead atoms. The Bertz CT molecular complexity index is 228. The third-order valence-electron chi connectivity index (χ3n) is 5.51. The van der Waals surface area contributed by atoms with Gasteiger partial charge in [0.1, 0.15) is 0 Å². The SMILES string of the molecule is CNC(CC1CCCCC1)C1CCCC1(C)C. The summed E-state index contributed by atoms with van der Waals surface area (Å²) in [7, 11) is 2.18. The minimum Gasteiger partial charge on any atom is -0.317 e. The van der Waals surface area contributed by atoms with Crippen LogP contribution in [0.1, 0.15) is 71.6 Å². The number of nitrogens with one attached hydrogen (secondary N) is 1. The molecule has 100 valence electrons. The fourth-order valence-corrected chi connectivity index (χ4v) is 4.36. The highest BCUT2D eigenvalue weighted by Gasteiger charge is 2.39. The highest BCUT2D eigenvalue weighted by atomic mass is 14.9. The molecule has 2 aliphatic rings. The number of hydrogen-bond acceptors (Lipinski definition) is 1. The van der Waals surface area contributed by atoms with Gasteiger partial charge in [0.25, 0.3) is 0 Å². The van der Waals surface area contributed by atoms with Crippen molar-refractivity contribution in [3.63, 3.8) is 0 Å². The molecule has 0 aromatic rings. The Morgan fingerprint density at radius 3 is 2.29 bits per heavy atom.